The lowest BCUT2D eigenvalue weighted by molar-refractivity contribution is 0.389. The van der Waals surface area contributed by atoms with Crippen molar-refractivity contribution in [3.8, 4) is 67.9 Å². The van der Waals surface area contributed by atoms with Gasteiger partial charge in [0.2, 0.25) is 0 Å². The van der Waals surface area contributed by atoms with Crippen LogP contribution < -0.4 is 41.2 Å². The summed E-state index contributed by atoms with van der Waals surface area (Å²) >= 11 is 19.3. The minimum atomic E-state index is -0.237. The van der Waals surface area contributed by atoms with Crippen LogP contribution in [0.3, 0.4) is 0 Å². The maximum atomic E-state index is 11.9. The summed E-state index contributed by atoms with van der Waals surface area (Å²) in [6.07, 6.45) is 0. The van der Waals surface area contributed by atoms with Gasteiger partial charge in [-0.2, -0.15) is 0 Å². The summed E-state index contributed by atoms with van der Waals surface area (Å²) in [5, 5.41) is 16.6. The Morgan fingerprint density at radius 3 is 1.24 bits per heavy atom. The van der Waals surface area contributed by atoms with Crippen LogP contribution in [0.1, 0.15) is 86.1 Å². The van der Waals surface area contributed by atoms with Crippen molar-refractivity contribution in [1.29, 1.82) is 0 Å². The molecule has 115 heavy (non-hydrogen) atoms. The Balaban J connectivity index is 0.000000134. The molecule has 4 N–H and O–H groups in total. The number of hydrogen-bond acceptors (Lipinski definition) is 21. The van der Waals surface area contributed by atoms with Gasteiger partial charge in [0.15, 0.2) is 66.5 Å². The first-order valence-electron chi connectivity index (χ1n) is 36.1. The van der Waals surface area contributed by atoms with E-state index in [1.807, 2.05) is 155 Å². The van der Waals surface area contributed by atoms with E-state index in [0.717, 1.165) is 66.6 Å². The maximum absolute atomic E-state index is 11.9. The Morgan fingerprint density at radius 1 is 0.365 bits per heavy atom. The highest BCUT2D eigenvalue weighted by Crippen LogP contribution is 2.34. The van der Waals surface area contributed by atoms with Gasteiger partial charge in [-0.05, 0) is 204 Å². The fourth-order valence-corrected chi connectivity index (χ4v) is 15.4. The lowest BCUT2D eigenvalue weighted by Crippen LogP contribution is -2.10. The van der Waals surface area contributed by atoms with Gasteiger partial charge in [-0.25, -0.2) is 57.9 Å². The predicted octanol–water partition coefficient (Wildman–Crippen LogP) is 18.7. The van der Waals surface area contributed by atoms with E-state index in [4.69, 9.17) is 47.1 Å². The molecule has 0 unspecified atom stereocenters. The van der Waals surface area contributed by atoms with Crippen LogP contribution in [0.4, 0.5) is 0 Å². The first-order valence-corrected chi connectivity index (χ1v) is 41.7. The summed E-state index contributed by atoms with van der Waals surface area (Å²) in [4.78, 5) is 85.0. The van der Waals surface area contributed by atoms with Crippen LogP contribution in [0, 0.1) is 41.5 Å². The second-order valence-electron chi connectivity index (χ2n) is 28.6. The van der Waals surface area contributed by atoms with Crippen molar-refractivity contribution in [2.75, 3.05) is 23.8 Å². The van der Waals surface area contributed by atoms with Gasteiger partial charge in [0.25, 0.3) is 22.2 Å². The number of thioether (sulfide) groups is 4. The smallest absolute Gasteiger partial charge is 0.266 e. The number of H-pyrrole nitrogens is 4. The fraction of sp³-hybridized carbons (Fsp3) is 0.214. The minimum absolute atomic E-state index is 0.0651. The molecule has 9 aromatic heterocycles. The summed E-state index contributed by atoms with van der Waals surface area (Å²) in [6.45, 7) is 25.2. The molecule has 0 amide bonds. The quantitative estimate of drug-likeness (QED) is 0.0407. The molecule has 9 heterocycles. The number of halogens is 2. The number of aromatic amines is 4. The van der Waals surface area contributed by atoms with E-state index in [9.17, 15) is 19.2 Å². The molecule has 588 valence electrons. The van der Waals surface area contributed by atoms with Gasteiger partial charge in [-0.1, -0.05) is 173 Å². The first-order chi connectivity index (χ1) is 55.1. The number of aryl methyl sites for hydroxylation is 5. The minimum Gasteiger partial charge on any atom is -0.483 e. The number of fused-ring (bicyclic) bond motifs is 4. The van der Waals surface area contributed by atoms with E-state index < -0.39 is 0 Å². The van der Waals surface area contributed by atoms with Crippen LogP contribution in [-0.4, -0.2) is 102 Å². The van der Waals surface area contributed by atoms with Gasteiger partial charge in [-0.3, -0.25) is 39.6 Å². The Hall–Kier alpha value is -11.2. The lowest BCUT2D eigenvalue weighted by atomic mass is 9.86. The molecule has 0 spiro atoms. The zero-order valence-electron chi connectivity index (χ0n) is 64.7. The Labute approximate surface area is 691 Å². The largest absolute Gasteiger partial charge is 0.483 e. The fourth-order valence-electron chi connectivity index (χ4n) is 11.6. The summed E-state index contributed by atoms with van der Waals surface area (Å²) in [7, 11) is 0. The van der Waals surface area contributed by atoms with E-state index in [1.54, 1.807) is 41.5 Å². The molecule has 16 rings (SSSR count). The molecule has 0 aliphatic rings. The van der Waals surface area contributed by atoms with E-state index in [1.165, 1.54) is 88.0 Å². The number of nitrogens with one attached hydrogen (secondary N) is 4. The first kappa shape index (κ1) is 81.8. The van der Waals surface area contributed by atoms with Crippen molar-refractivity contribution < 1.29 is 18.9 Å². The highest BCUT2D eigenvalue weighted by Gasteiger charge is 2.21. The lowest BCUT2D eigenvalue weighted by Gasteiger charge is -2.19. The SMILES string of the molecule is Cc1cc(C)cc(OCSc2nc(-c3cccs3)nc3cc(=O)[nH]n23)c1.Cc1cc(OCSc2nc(-c3ccc(C(C)(C)C)cc3)nc3cc(=O)[nH]n23)ccc1Cl.Cc1cccc(-c2nc(SCOc3ccccc3Cl)n3[nH]c(=O)cc3n2)c1.Cc1cccc(OCSc2nc(-c3ccc(C(C)(C)C)cc3)nc3cc(=O)[nH]n23)c1C. The van der Waals surface area contributed by atoms with Crippen LogP contribution >= 0.6 is 81.6 Å². The second-order valence-corrected chi connectivity index (χ2v) is 33.9. The van der Waals surface area contributed by atoms with Crippen LogP contribution in [0.5, 0.6) is 23.0 Å². The molecule has 0 aliphatic heterocycles. The number of thiophene rings is 1. The third-order valence-electron chi connectivity index (χ3n) is 17.7. The summed E-state index contributed by atoms with van der Waals surface area (Å²) < 4.78 is 29.7. The Kier molecular flexibility index (Phi) is 25.7. The van der Waals surface area contributed by atoms with Crippen molar-refractivity contribution in [2.45, 2.75) is 115 Å². The van der Waals surface area contributed by atoms with E-state index in [0.29, 0.717) is 100 Å². The molecule has 7 aromatic carbocycles. The molecule has 0 fully saturated rings. The topological polar surface area (TPSA) is 289 Å². The van der Waals surface area contributed by atoms with Crippen LogP contribution in [0.2, 0.25) is 10.0 Å². The van der Waals surface area contributed by atoms with E-state index in [2.05, 4.69) is 140 Å². The van der Waals surface area contributed by atoms with Gasteiger partial charge in [0.05, 0.1) is 9.90 Å². The standard InChI is InChI=1S/C24H26N4O2S.C23H23ClN4O2S.C19H15ClN4O2S.C18H16N4O2S2/c1-15-7-6-8-19(16(15)2)30-14-31-23-26-22(25-20-13-21(29)27-28(20)23)17-9-11-18(12-10-17)24(3,4)5;1-14-11-17(9-10-18(14)24)30-13-31-22-26-21(25-19-12-20(29)27-28(19)22)15-5-7-16(8-6-15)23(2,3)4;1-12-5-4-6-13(9-12)18-21-16-10-17(25)23-24(16)19(22-18)27-11-26-15-8-3-2-7-14(15)20;1-11-6-12(2)8-13(7-11)24-10-26-18-20-17(14-4-3-5-25-14)19-15-9-16(23)21-22(15)18/h6-13H,14H2,1-5H3,(H,27,29);5-12H,13H2,1-4H3,(H,27,29);2-10H,11H2,1H3,(H,23,25);3-9H,10H2,1-2H3,(H,21,23). The number of rotatable bonds is 20. The molecule has 0 saturated carbocycles. The summed E-state index contributed by atoms with van der Waals surface area (Å²) in [5.74, 6) is 6.60. The zero-order chi connectivity index (χ0) is 81.2. The molecule has 0 saturated heterocycles. The number of hydrogen-bond donors (Lipinski definition) is 4. The highest BCUT2D eigenvalue weighted by molar-refractivity contribution is 7.99. The number of benzene rings is 7. The summed E-state index contributed by atoms with van der Waals surface area (Å²) in [5.41, 5.74) is 13.2. The molecular formula is C84H80Cl2N16O8S5. The molecule has 0 aliphatic carbocycles. The number of aromatic nitrogens is 16. The third kappa shape index (κ3) is 20.9. The van der Waals surface area contributed by atoms with Crippen LogP contribution in [0.15, 0.2) is 233 Å². The monoisotopic (exact) mass is 1670 g/mol. The van der Waals surface area contributed by atoms with Crippen molar-refractivity contribution in [1.82, 2.24) is 78.3 Å². The summed E-state index contributed by atoms with van der Waals surface area (Å²) in [6, 6.07) is 59.0. The van der Waals surface area contributed by atoms with E-state index in [-0.39, 0.29) is 39.0 Å². The van der Waals surface area contributed by atoms with E-state index >= 15 is 0 Å². The average Bonchev–Trinajstić information content (AvgIpc) is 1.73. The Morgan fingerprint density at radius 2 is 0.791 bits per heavy atom. The van der Waals surface area contributed by atoms with Crippen molar-refractivity contribution in [2.24, 2.45) is 0 Å². The molecular weight excluding hydrogens is 1590 g/mol. The van der Waals surface area contributed by atoms with Gasteiger partial charge >= 0.3 is 0 Å². The zero-order valence-corrected chi connectivity index (χ0v) is 70.3. The molecule has 0 radical (unpaired) electrons. The van der Waals surface area contributed by atoms with Gasteiger partial charge in [0.1, 0.15) is 46.8 Å². The second kappa shape index (κ2) is 36.1. The van der Waals surface area contributed by atoms with Crippen molar-refractivity contribution >= 4 is 104 Å². The number of para-hydroxylation sites is 1. The normalized spacial score (nSPS) is 11.5. The van der Waals surface area contributed by atoms with Gasteiger partial charge in [-0.15, -0.1) is 11.3 Å². The molecule has 31 heteroatoms. The highest BCUT2D eigenvalue weighted by atomic mass is 35.5. The van der Waals surface area contributed by atoms with Crippen LogP contribution in [-0.2, 0) is 10.8 Å². The number of ether oxygens (including phenoxy) is 4. The molecule has 24 nitrogen and oxygen atoms in total. The molecule has 0 atom stereocenters. The van der Waals surface area contributed by atoms with Crippen molar-refractivity contribution in [3.63, 3.8) is 0 Å². The van der Waals surface area contributed by atoms with Crippen molar-refractivity contribution in [3.05, 3.63) is 289 Å². The predicted molar refractivity (Wildman–Crippen MR) is 461 cm³/mol. The number of nitrogens with zero attached hydrogens (tertiary/aromatic N) is 12. The molecule has 0 bridgehead atoms. The maximum Gasteiger partial charge on any atom is 0.266 e. The average molecular weight is 1670 g/mol. The van der Waals surface area contributed by atoms with Gasteiger partial charge in [0, 0.05) is 46.0 Å². The molecule has 16 aromatic rings. The van der Waals surface area contributed by atoms with Gasteiger partial charge < -0.3 is 18.9 Å². The van der Waals surface area contributed by atoms with Crippen LogP contribution in [0.25, 0.3) is 67.5 Å². The third-order valence-corrected chi connectivity index (χ3v) is 22.4. The Bertz CT molecular complexity index is 6380.